The van der Waals surface area contributed by atoms with Gasteiger partial charge in [-0.25, -0.2) is 0 Å². The third kappa shape index (κ3) is 2.81. The number of benzene rings is 1. The van der Waals surface area contributed by atoms with Crippen molar-refractivity contribution in [1.29, 1.82) is 0 Å². The maximum absolute atomic E-state index is 13.2. The predicted molar refractivity (Wildman–Crippen MR) is 112 cm³/mol. The molecule has 1 N–H and O–H groups in total. The molecule has 8 heteroatoms. The smallest absolute Gasteiger partial charge is 0.294 e. The molecule has 5 rings (SSSR count). The number of amides is 1. The molecule has 30 heavy (non-hydrogen) atoms. The first kappa shape index (κ1) is 18.8. The highest BCUT2D eigenvalue weighted by Crippen LogP contribution is 2.45. The number of hydrogen-bond donors (Lipinski definition) is 1. The highest BCUT2D eigenvalue weighted by atomic mass is 35.5. The van der Waals surface area contributed by atoms with E-state index in [4.69, 9.17) is 11.6 Å². The summed E-state index contributed by atoms with van der Waals surface area (Å²) in [5.74, 6) is -0.694. The molecule has 1 saturated carbocycles. The van der Waals surface area contributed by atoms with Gasteiger partial charge in [0.15, 0.2) is 17.2 Å². The van der Waals surface area contributed by atoms with Gasteiger partial charge in [-0.05, 0) is 56.0 Å². The minimum Gasteiger partial charge on any atom is -0.503 e. The molecular weight excluding hydrogens is 404 g/mol. The van der Waals surface area contributed by atoms with Crippen molar-refractivity contribution in [3.05, 3.63) is 69.8 Å². The van der Waals surface area contributed by atoms with Crippen molar-refractivity contribution < 1.29 is 14.7 Å². The second-order valence-electron chi connectivity index (χ2n) is 7.85. The average molecular weight is 423 g/mol. The van der Waals surface area contributed by atoms with E-state index in [2.05, 4.69) is 10.2 Å². The van der Waals surface area contributed by atoms with Gasteiger partial charge in [0.05, 0.1) is 17.3 Å². The number of nitrogens with zero attached hydrogens (tertiary/aromatic N) is 4. The van der Waals surface area contributed by atoms with Crippen LogP contribution in [0.5, 0.6) is 0 Å². The van der Waals surface area contributed by atoms with Crippen LogP contribution >= 0.6 is 11.6 Å². The minimum atomic E-state index is -0.725. The van der Waals surface area contributed by atoms with E-state index in [0.29, 0.717) is 27.7 Å². The monoisotopic (exact) mass is 422 g/mol. The summed E-state index contributed by atoms with van der Waals surface area (Å²) >= 11 is 6.05. The summed E-state index contributed by atoms with van der Waals surface area (Å²) < 4.78 is 1.80. The molecule has 0 spiro atoms. The molecular formula is C22H19ClN4O3. The van der Waals surface area contributed by atoms with Gasteiger partial charge in [-0.15, -0.1) is 10.2 Å². The van der Waals surface area contributed by atoms with E-state index in [-0.39, 0.29) is 17.3 Å². The van der Waals surface area contributed by atoms with Gasteiger partial charge >= 0.3 is 0 Å². The third-order valence-corrected chi connectivity index (χ3v) is 5.98. The van der Waals surface area contributed by atoms with Crippen molar-refractivity contribution >= 4 is 34.6 Å². The standard InChI is InChI=1S/C22H19ClN4O3/c1-11-9-16(10-26-12(2)24-25-21(11)26)27-18(13-5-7-15(23)8-6-13)17(20(29)22(27)30)19(28)14-3-4-14/h5-10,14,18,29H,3-4H2,1-2H3. The number of hydrogen-bond acceptors (Lipinski definition) is 5. The number of aliphatic hydroxyl groups excluding tert-OH is 1. The molecule has 3 heterocycles. The number of aryl methyl sites for hydroxylation is 2. The number of aliphatic hydroxyl groups is 1. The quantitative estimate of drug-likeness (QED) is 0.689. The maximum atomic E-state index is 13.2. The average Bonchev–Trinajstić information content (AvgIpc) is 3.46. The van der Waals surface area contributed by atoms with Gasteiger partial charge in [0, 0.05) is 17.1 Å². The summed E-state index contributed by atoms with van der Waals surface area (Å²) in [5.41, 5.74) is 2.94. The molecule has 0 radical (unpaired) electrons. The summed E-state index contributed by atoms with van der Waals surface area (Å²) in [6.45, 7) is 3.71. The molecule has 0 bridgehead atoms. The Hall–Kier alpha value is -3.19. The van der Waals surface area contributed by atoms with Gasteiger partial charge in [-0.2, -0.15) is 0 Å². The Morgan fingerprint density at radius 3 is 2.53 bits per heavy atom. The van der Waals surface area contributed by atoms with Crippen LogP contribution in [0.25, 0.3) is 5.65 Å². The van der Waals surface area contributed by atoms with Crippen LogP contribution in [0.4, 0.5) is 5.69 Å². The number of pyridine rings is 1. The van der Waals surface area contributed by atoms with Gasteiger partial charge < -0.3 is 5.11 Å². The third-order valence-electron chi connectivity index (χ3n) is 5.73. The lowest BCUT2D eigenvalue weighted by Crippen LogP contribution is -2.31. The van der Waals surface area contributed by atoms with Crippen LogP contribution in [0.1, 0.15) is 35.8 Å². The van der Waals surface area contributed by atoms with Crippen LogP contribution in [0.3, 0.4) is 0 Å². The highest BCUT2D eigenvalue weighted by Gasteiger charge is 2.47. The summed E-state index contributed by atoms with van der Waals surface area (Å²) in [5, 5.41) is 19.5. The van der Waals surface area contributed by atoms with E-state index in [1.54, 1.807) is 34.9 Å². The zero-order chi connectivity index (χ0) is 21.2. The van der Waals surface area contributed by atoms with Crippen molar-refractivity contribution in [3.8, 4) is 0 Å². The van der Waals surface area contributed by atoms with Gasteiger partial charge in [0.2, 0.25) is 0 Å². The molecule has 152 valence electrons. The molecule has 1 aliphatic heterocycles. The molecule has 1 unspecified atom stereocenters. The van der Waals surface area contributed by atoms with E-state index in [0.717, 1.165) is 18.4 Å². The number of halogens is 1. The van der Waals surface area contributed by atoms with E-state index in [9.17, 15) is 14.7 Å². The zero-order valence-electron chi connectivity index (χ0n) is 16.5. The number of anilines is 1. The Morgan fingerprint density at radius 2 is 1.87 bits per heavy atom. The van der Waals surface area contributed by atoms with E-state index >= 15 is 0 Å². The van der Waals surface area contributed by atoms with E-state index < -0.39 is 17.7 Å². The fraction of sp³-hybridized carbons (Fsp3) is 0.273. The van der Waals surface area contributed by atoms with Gasteiger partial charge in [-0.1, -0.05) is 23.7 Å². The van der Waals surface area contributed by atoms with E-state index in [1.807, 2.05) is 19.9 Å². The lowest BCUT2D eigenvalue weighted by atomic mass is 9.94. The van der Waals surface area contributed by atoms with Crippen LogP contribution in [-0.4, -0.2) is 31.4 Å². The fourth-order valence-electron chi connectivity index (χ4n) is 4.03. The number of aromatic nitrogens is 3. The van der Waals surface area contributed by atoms with Crippen molar-refractivity contribution in [3.63, 3.8) is 0 Å². The minimum absolute atomic E-state index is 0.131. The Balaban J connectivity index is 1.70. The first-order valence-electron chi connectivity index (χ1n) is 9.75. The molecule has 1 amide bonds. The zero-order valence-corrected chi connectivity index (χ0v) is 17.2. The van der Waals surface area contributed by atoms with Crippen molar-refractivity contribution in [2.45, 2.75) is 32.7 Å². The molecule has 1 fully saturated rings. The predicted octanol–water partition coefficient (Wildman–Crippen LogP) is 3.88. The largest absolute Gasteiger partial charge is 0.503 e. The Kier molecular flexibility index (Phi) is 4.18. The van der Waals surface area contributed by atoms with Crippen LogP contribution in [-0.2, 0) is 9.59 Å². The molecule has 3 aromatic rings. The maximum Gasteiger partial charge on any atom is 0.294 e. The number of fused-ring (bicyclic) bond motifs is 1. The first-order chi connectivity index (χ1) is 14.4. The number of rotatable bonds is 4. The Bertz CT molecular complexity index is 1240. The highest BCUT2D eigenvalue weighted by molar-refractivity contribution is 6.30. The lowest BCUT2D eigenvalue weighted by Gasteiger charge is -2.27. The summed E-state index contributed by atoms with van der Waals surface area (Å²) in [4.78, 5) is 27.7. The van der Waals surface area contributed by atoms with Crippen molar-refractivity contribution in [2.75, 3.05) is 4.90 Å². The molecule has 2 aliphatic rings. The molecule has 7 nitrogen and oxygen atoms in total. The van der Waals surface area contributed by atoms with Crippen LogP contribution in [0, 0.1) is 19.8 Å². The van der Waals surface area contributed by atoms with Gasteiger partial charge in [-0.3, -0.25) is 18.9 Å². The summed E-state index contributed by atoms with van der Waals surface area (Å²) in [6, 6.07) is 8.08. The second kappa shape index (κ2) is 6.67. The fourth-order valence-corrected chi connectivity index (χ4v) is 4.16. The number of Topliss-reactive ketones (excluding diaryl/α,β-unsaturated/α-hetero) is 1. The Morgan fingerprint density at radius 1 is 1.17 bits per heavy atom. The first-order valence-corrected chi connectivity index (χ1v) is 10.1. The van der Waals surface area contributed by atoms with Gasteiger partial charge in [0.1, 0.15) is 5.82 Å². The second-order valence-corrected chi connectivity index (χ2v) is 8.29. The van der Waals surface area contributed by atoms with Crippen LogP contribution in [0.2, 0.25) is 5.02 Å². The Labute approximate surface area is 177 Å². The van der Waals surface area contributed by atoms with Crippen LogP contribution < -0.4 is 4.90 Å². The number of ketones is 1. The summed E-state index contributed by atoms with van der Waals surface area (Å²) in [7, 11) is 0. The molecule has 2 aromatic heterocycles. The number of carbonyl (C=O) groups excluding carboxylic acids is 2. The van der Waals surface area contributed by atoms with Crippen molar-refractivity contribution in [2.24, 2.45) is 5.92 Å². The van der Waals surface area contributed by atoms with Crippen LogP contribution in [0.15, 0.2) is 47.9 Å². The molecule has 0 saturated heterocycles. The number of carbonyl (C=O) groups is 2. The normalized spacial score (nSPS) is 19.2. The molecule has 1 aliphatic carbocycles. The summed E-state index contributed by atoms with van der Waals surface area (Å²) in [6.07, 6.45) is 3.32. The van der Waals surface area contributed by atoms with E-state index in [1.165, 1.54) is 4.90 Å². The topological polar surface area (TPSA) is 87.8 Å². The van der Waals surface area contributed by atoms with Gasteiger partial charge in [0.25, 0.3) is 5.91 Å². The lowest BCUT2D eigenvalue weighted by molar-refractivity contribution is -0.118. The SMILES string of the molecule is Cc1cc(N2C(=O)C(O)=C(C(=O)C3CC3)C2c2ccc(Cl)cc2)cn2c(C)nnc12. The van der Waals surface area contributed by atoms with Crippen molar-refractivity contribution in [1.82, 2.24) is 14.6 Å². The molecule has 1 aromatic carbocycles. The molecule has 1 atom stereocenters.